The van der Waals surface area contributed by atoms with Gasteiger partial charge in [-0.2, -0.15) is 5.10 Å². The zero-order chi connectivity index (χ0) is 17.0. The van der Waals surface area contributed by atoms with E-state index in [0.29, 0.717) is 22.2 Å². The summed E-state index contributed by atoms with van der Waals surface area (Å²) < 4.78 is 12.2. The second kappa shape index (κ2) is 7.37. The fraction of sp³-hybridized carbons (Fsp3) is 0.375. The lowest BCUT2D eigenvalue weighted by molar-refractivity contribution is -0.116. The second-order valence-corrected chi connectivity index (χ2v) is 5.63. The van der Waals surface area contributed by atoms with Crippen molar-refractivity contribution in [3.63, 3.8) is 0 Å². The van der Waals surface area contributed by atoms with Crippen LogP contribution in [0.3, 0.4) is 0 Å². The van der Waals surface area contributed by atoms with Crippen molar-refractivity contribution in [2.24, 2.45) is 0 Å². The highest BCUT2D eigenvalue weighted by atomic mass is 35.5. The van der Waals surface area contributed by atoms with Gasteiger partial charge in [-0.05, 0) is 26.0 Å². The van der Waals surface area contributed by atoms with Crippen LogP contribution in [-0.2, 0) is 4.79 Å². The maximum atomic E-state index is 12.3. The number of amides is 1. The van der Waals surface area contributed by atoms with Gasteiger partial charge in [0.05, 0.1) is 36.7 Å². The molecule has 0 saturated heterocycles. The van der Waals surface area contributed by atoms with E-state index in [4.69, 9.17) is 21.1 Å². The molecule has 0 spiro atoms. The van der Waals surface area contributed by atoms with E-state index in [2.05, 4.69) is 10.4 Å². The van der Waals surface area contributed by atoms with Crippen LogP contribution >= 0.6 is 11.6 Å². The van der Waals surface area contributed by atoms with Gasteiger partial charge in [0.2, 0.25) is 5.91 Å². The van der Waals surface area contributed by atoms with Gasteiger partial charge in [0.15, 0.2) is 0 Å². The maximum absolute atomic E-state index is 12.3. The van der Waals surface area contributed by atoms with Crippen LogP contribution < -0.4 is 14.8 Å². The molecule has 2 rings (SSSR count). The normalized spacial score (nSPS) is 11.9. The Kier molecular flexibility index (Phi) is 5.50. The zero-order valence-corrected chi connectivity index (χ0v) is 14.3. The summed E-state index contributed by atoms with van der Waals surface area (Å²) >= 11 is 6.10. The van der Waals surface area contributed by atoms with Gasteiger partial charge in [-0.15, -0.1) is 0 Å². The summed E-state index contributed by atoms with van der Waals surface area (Å²) in [7, 11) is 3.04. The summed E-state index contributed by atoms with van der Waals surface area (Å²) in [6, 6.07) is 5.10. The van der Waals surface area contributed by atoms with Gasteiger partial charge in [0, 0.05) is 18.7 Å². The van der Waals surface area contributed by atoms with Gasteiger partial charge in [-0.25, -0.2) is 0 Å². The van der Waals surface area contributed by atoms with E-state index in [1.165, 1.54) is 14.2 Å². The van der Waals surface area contributed by atoms with E-state index < -0.39 is 0 Å². The lowest BCUT2D eigenvalue weighted by Gasteiger charge is -2.15. The number of anilines is 1. The van der Waals surface area contributed by atoms with Crippen molar-refractivity contribution in [3.8, 4) is 11.5 Å². The van der Waals surface area contributed by atoms with Crippen LogP contribution in [0.1, 0.15) is 25.1 Å². The predicted octanol–water partition coefficient (Wildman–Crippen LogP) is 3.45. The Morgan fingerprint density at radius 1 is 1.35 bits per heavy atom. The SMILES string of the molecule is COc1cc(OC)c(NC(=O)C[C@H](C)n2ccc(C)n2)cc1Cl. The van der Waals surface area contributed by atoms with Gasteiger partial charge < -0.3 is 14.8 Å². The van der Waals surface area contributed by atoms with E-state index in [0.717, 1.165) is 5.69 Å². The summed E-state index contributed by atoms with van der Waals surface area (Å²) in [5.74, 6) is 0.828. The third-order valence-electron chi connectivity index (χ3n) is 3.42. The van der Waals surface area contributed by atoms with Crippen LogP contribution in [0.25, 0.3) is 0 Å². The smallest absolute Gasteiger partial charge is 0.226 e. The molecule has 23 heavy (non-hydrogen) atoms. The fourth-order valence-electron chi connectivity index (χ4n) is 2.20. The van der Waals surface area contributed by atoms with Crippen molar-refractivity contribution in [2.75, 3.05) is 19.5 Å². The summed E-state index contributed by atoms with van der Waals surface area (Å²) in [5.41, 5.74) is 1.42. The zero-order valence-electron chi connectivity index (χ0n) is 13.6. The standard InChI is InChI=1S/C16H20ClN3O3/c1-10-5-6-20(19-10)11(2)7-16(21)18-13-8-12(17)14(22-3)9-15(13)23-4/h5-6,8-9,11H,7H2,1-4H3,(H,18,21)/t11-/m0/s1. The summed E-state index contributed by atoms with van der Waals surface area (Å²) in [6.07, 6.45) is 2.14. The largest absolute Gasteiger partial charge is 0.495 e. The van der Waals surface area contributed by atoms with Gasteiger partial charge in [-0.1, -0.05) is 11.6 Å². The minimum atomic E-state index is -0.148. The van der Waals surface area contributed by atoms with Crippen molar-refractivity contribution in [1.82, 2.24) is 9.78 Å². The molecular weight excluding hydrogens is 318 g/mol. The van der Waals surface area contributed by atoms with E-state index in [1.54, 1.807) is 16.8 Å². The van der Waals surface area contributed by atoms with E-state index in [1.807, 2.05) is 26.1 Å². The Labute approximate surface area is 140 Å². The average Bonchev–Trinajstić information content (AvgIpc) is 2.94. The minimum Gasteiger partial charge on any atom is -0.495 e. The monoisotopic (exact) mass is 337 g/mol. The Hall–Kier alpha value is -2.21. The first-order valence-corrected chi connectivity index (χ1v) is 7.55. The molecular formula is C16H20ClN3O3. The van der Waals surface area contributed by atoms with Gasteiger partial charge in [0.1, 0.15) is 11.5 Å². The van der Waals surface area contributed by atoms with Crippen LogP contribution in [0.5, 0.6) is 11.5 Å². The van der Waals surface area contributed by atoms with Crippen molar-refractivity contribution in [2.45, 2.75) is 26.3 Å². The number of carbonyl (C=O) groups excluding carboxylic acids is 1. The molecule has 1 N–H and O–H groups in total. The van der Waals surface area contributed by atoms with Gasteiger partial charge in [-0.3, -0.25) is 9.48 Å². The third-order valence-corrected chi connectivity index (χ3v) is 3.72. The molecule has 6 nitrogen and oxygen atoms in total. The number of nitrogens with zero attached hydrogens (tertiary/aromatic N) is 2. The van der Waals surface area contributed by atoms with Crippen LogP contribution in [0.2, 0.25) is 5.02 Å². The summed E-state index contributed by atoms with van der Waals surface area (Å²) in [4.78, 5) is 12.3. The predicted molar refractivity (Wildman–Crippen MR) is 89.5 cm³/mol. The van der Waals surface area contributed by atoms with Crippen molar-refractivity contribution in [3.05, 3.63) is 35.1 Å². The molecule has 0 unspecified atom stereocenters. The molecule has 0 saturated carbocycles. The highest BCUT2D eigenvalue weighted by molar-refractivity contribution is 6.32. The van der Waals surface area contributed by atoms with E-state index >= 15 is 0 Å². The van der Waals surface area contributed by atoms with Crippen molar-refractivity contribution < 1.29 is 14.3 Å². The van der Waals surface area contributed by atoms with Gasteiger partial charge >= 0.3 is 0 Å². The molecule has 0 fully saturated rings. The van der Waals surface area contributed by atoms with E-state index in [-0.39, 0.29) is 18.4 Å². The lowest BCUT2D eigenvalue weighted by atomic mass is 10.2. The summed E-state index contributed by atoms with van der Waals surface area (Å²) in [6.45, 7) is 3.85. The number of nitrogens with one attached hydrogen (secondary N) is 1. The molecule has 1 aromatic heterocycles. The first-order valence-electron chi connectivity index (χ1n) is 7.17. The average molecular weight is 338 g/mol. The minimum absolute atomic E-state index is 0.0524. The first kappa shape index (κ1) is 17.1. The molecule has 0 aliphatic heterocycles. The number of carbonyl (C=O) groups is 1. The maximum Gasteiger partial charge on any atom is 0.226 e. The van der Waals surface area contributed by atoms with Crippen LogP contribution in [0, 0.1) is 6.92 Å². The molecule has 1 heterocycles. The Bertz CT molecular complexity index is 700. The Balaban J connectivity index is 2.09. The van der Waals surface area contributed by atoms with Crippen molar-refractivity contribution >= 4 is 23.2 Å². The fourth-order valence-corrected chi connectivity index (χ4v) is 2.44. The Morgan fingerprint density at radius 2 is 2.04 bits per heavy atom. The number of hydrogen-bond donors (Lipinski definition) is 1. The lowest BCUT2D eigenvalue weighted by Crippen LogP contribution is -2.18. The highest BCUT2D eigenvalue weighted by Crippen LogP contribution is 2.36. The summed E-state index contributed by atoms with van der Waals surface area (Å²) in [5, 5.41) is 7.53. The highest BCUT2D eigenvalue weighted by Gasteiger charge is 2.15. The molecule has 2 aromatic rings. The number of aryl methyl sites for hydroxylation is 1. The first-order chi connectivity index (χ1) is 10.9. The second-order valence-electron chi connectivity index (χ2n) is 5.23. The molecule has 124 valence electrons. The van der Waals surface area contributed by atoms with Crippen LogP contribution in [0.15, 0.2) is 24.4 Å². The topological polar surface area (TPSA) is 65.4 Å². The molecule has 0 radical (unpaired) electrons. The van der Waals surface area contributed by atoms with Crippen LogP contribution in [0.4, 0.5) is 5.69 Å². The number of benzene rings is 1. The number of aromatic nitrogens is 2. The molecule has 0 bridgehead atoms. The number of ether oxygens (including phenoxy) is 2. The quantitative estimate of drug-likeness (QED) is 0.876. The molecule has 0 aliphatic carbocycles. The molecule has 7 heteroatoms. The molecule has 0 aliphatic rings. The van der Waals surface area contributed by atoms with E-state index in [9.17, 15) is 4.79 Å². The number of methoxy groups -OCH3 is 2. The number of hydrogen-bond acceptors (Lipinski definition) is 4. The molecule has 1 atom stereocenters. The molecule has 1 amide bonds. The number of halogens is 1. The van der Waals surface area contributed by atoms with Crippen LogP contribution in [-0.4, -0.2) is 29.9 Å². The molecule has 1 aromatic carbocycles. The Morgan fingerprint density at radius 3 is 2.61 bits per heavy atom. The van der Waals surface area contributed by atoms with Crippen molar-refractivity contribution in [1.29, 1.82) is 0 Å². The number of rotatable bonds is 6. The van der Waals surface area contributed by atoms with Gasteiger partial charge in [0.25, 0.3) is 0 Å². The third kappa shape index (κ3) is 4.16.